The Balaban J connectivity index is 0.000000810. The molecule has 0 aliphatic rings. The molecule has 58 valence electrons. The highest BCUT2D eigenvalue weighted by Gasteiger charge is 1.98. The molecule has 2 N–H and O–H groups in total. The monoisotopic (exact) mass is 161 g/mol. The first-order chi connectivity index (χ1) is 4.25. The number of hydrogen-bond donors (Lipinski definition) is 1. The minimum Gasteiger partial charge on any atom is -0.326 e. The lowest BCUT2D eigenvalue weighted by molar-refractivity contribution is 0.737. The van der Waals surface area contributed by atoms with Gasteiger partial charge in [-0.25, -0.2) is 0 Å². The van der Waals surface area contributed by atoms with Crippen molar-refractivity contribution >= 4 is 12.4 Å². The van der Waals surface area contributed by atoms with Crippen LogP contribution < -0.4 is 5.73 Å². The van der Waals surface area contributed by atoms with Crippen molar-refractivity contribution < 1.29 is 0 Å². The second-order valence-corrected chi connectivity index (χ2v) is 2.08. The Bertz CT molecular complexity index is 207. The summed E-state index contributed by atoms with van der Waals surface area (Å²) in [5.41, 5.74) is 7.68. The molecule has 0 amide bonds. The van der Waals surface area contributed by atoms with E-state index in [0.717, 1.165) is 11.3 Å². The van der Waals surface area contributed by atoms with E-state index in [0.29, 0.717) is 6.54 Å². The molecule has 0 aromatic carbocycles. The zero-order valence-corrected chi connectivity index (χ0v) is 6.98. The van der Waals surface area contributed by atoms with Gasteiger partial charge in [0.25, 0.3) is 0 Å². The highest BCUT2D eigenvalue weighted by molar-refractivity contribution is 5.85. The Labute approximate surface area is 66.6 Å². The summed E-state index contributed by atoms with van der Waals surface area (Å²) >= 11 is 0. The minimum absolute atomic E-state index is 0. The molecule has 1 aromatic rings. The van der Waals surface area contributed by atoms with E-state index in [1.807, 2.05) is 18.7 Å². The number of rotatable bonds is 1. The van der Waals surface area contributed by atoms with E-state index in [9.17, 15) is 0 Å². The molecule has 0 unspecified atom stereocenters. The Hall–Kier alpha value is -0.540. The highest BCUT2D eigenvalue weighted by Crippen LogP contribution is 2.02. The van der Waals surface area contributed by atoms with Crippen molar-refractivity contribution in [2.75, 3.05) is 0 Å². The average molecular weight is 162 g/mol. The number of halogens is 1. The van der Waals surface area contributed by atoms with Gasteiger partial charge in [0.1, 0.15) is 0 Å². The fraction of sp³-hybridized carbons (Fsp3) is 0.500. The van der Waals surface area contributed by atoms with Crippen LogP contribution >= 0.6 is 12.4 Å². The molecule has 0 saturated heterocycles. The topological polar surface area (TPSA) is 43.8 Å². The lowest BCUT2D eigenvalue weighted by Gasteiger charge is -1.93. The molecule has 10 heavy (non-hydrogen) atoms. The van der Waals surface area contributed by atoms with Crippen LogP contribution in [0.25, 0.3) is 0 Å². The van der Waals surface area contributed by atoms with Crippen molar-refractivity contribution in [2.45, 2.75) is 13.5 Å². The van der Waals surface area contributed by atoms with Crippen LogP contribution in [0.1, 0.15) is 11.3 Å². The summed E-state index contributed by atoms with van der Waals surface area (Å²) in [6.07, 6.45) is 1.80. The maximum absolute atomic E-state index is 5.41. The first-order valence-corrected chi connectivity index (χ1v) is 2.93. The van der Waals surface area contributed by atoms with Crippen LogP contribution in [0.3, 0.4) is 0 Å². The predicted molar refractivity (Wildman–Crippen MR) is 43.1 cm³/mol. The number of hydrogen-bond acceptors (Lipinski definition) is 2. The van der Waals surface area contributed by atoms with Crippen LogP contribution in [-0.4, -0.2) is 9.78 Å². The summed E-state index contributed by atoms with van der Waals surface area (Å²) in [4.78, 5) is 0. The second-order valence-electron chi connectivity index (χ2n) is 2.08. The van der Waals surface area contributed by atoms with Gasteiger partial charge in [0, 0.05) is 24.8 Å². The lowest BCUT2D eigenvalue weighted by atomic mass is 10.3. The largest absolute Gasteiger partial charge is 0.326 e. The van der Waals surface area contributed by atoms with Crippen LogP contribution in [0.4, 0.5) is 0 Å². The maximum atomic E-state index is 5.41. The van der Waals surface area contributed by atoms with Gasteiger partial charge in [-0.3, -0.25) is 4.68 Å². The van der Waals surface area contributed by atoms with Crippen LogP contribution in [0.15, 0.2) is 6.20 Å². The molecule has 1 heterocycles. The van der Waals surface area contributed by atoms with Gasteiger partial charge in [-0.05, 0) is 6.92 Å². The van der Waals surface area contributed by atoms with Gasteiger partial charge in [0.15, 0.2) is 0 Å². The molecule has 4 heteroatoms. The van der Waals surface area contributed by atoms with Crippen molar-refractivity contribution in [3.8, 4) is 0 Å². The molecule has 0 saturated carbocycles. The van der Waals surface area contributed by atoms with Crippen LogP contribution in [0, 0.1) is 6.92 Å². The minimum atomic E-state index is 0. The van der Waals surface area contributed by atoms with Crippen molar-refractivity contribution in [1.82, 2.24) is 9.78 Å². The van der Waals surface area contributed by atoms with Gasteiger partial charge < -0.3 is 5.73 Å². The SMILES string of the molecule is Cc1c(CN)cnn1C.Cl. The molecule has 0 fully saturated rings. The molecular weight excluding hydrogens is 150 g/mol. The zero-order chi connectivity index (χ0) is 6.85. The van der Waals surface area contributed by atoms with E-state index < -0.39 is 0 Å². The standard InChI is InChI=1S/C6H11N3.ClH/c1-5-6(3-7)4-8-9(5)2;/h4H,3,7H2,1-2H3;1H. The fourth-order valence-electron chi connectivity index (χ4n) is 0.745. The Morgan fingerprint density at radius 1 is 1.70 bits per heavy atom. The van der Waals surface area contributed by atoms with Crippen molar-refractivity contribution in [2.24, 2.45) is 12.8 Å². The van der Waals surface area contributed by atoms with Gasteiger partial charge in [-0.1, -0.05) is 0 Å². The quantitative estimate of drug-likeness (QED) is 0.656. The molecule has 3 nitrogen and oxygen atoms in total. The van der Waals surface area contributed by atoms with Crippen molar-refractivity contribution in [3.63, 3.8) is 0 Å². The van der Waals surface area contributed by atoms with Gasteiger partial charge in [-0.2, -0.15) is 5.10 Å². The van der Waals surface area contributed by atoms with Crippen LogP contribution in [-0.2, 0) is 13.6 Å². The van der Waals surface area contributed by atoms with Crippen LogP contribution in [0.5, 0.6) is 0 Å². The maximum Gasteiger partial charge on any atom is 0.0537 e. The summed E-state index contributed by atoms with van der Waals surface area (Å²) in [7, 11) is 1.91. The molecule has 0 aliphatic heterocycles. The average Bonchev–Trinajstić information content (AvgIpc) is 2.15. The molecular formula is C6H12ClN3. The summed E-state index contributed by atoms with van der Waals surface area (Å²) in [6.45, 7) is 2.59. The van der Waals surface area contributed by atoms with E-state index in [-0.39, 0.29) is 12.4 Å². The third-order valence-corrected chi connectivity index (χ3v) is 1.56. The Morgan fingerprint density at radius 3 is 2.50 bits per heavy atom. The summed E-state index contributed by atoms with van der Waals surface area (Å²) in [5.74, 6) is 0. The molecule has 1 rings (SSSR count). The van der Waals surface area contributed by atoms with Gasteiger partial charge >= 0.3 is 0 Å². The lowest BCUT2D eigenvalue weighted by Crippen LogP contribution is -1.98. The number of aryl methyl sites for hydroxylation is 1. The highest BCUT2D eigenvalue weighted by atomic mass is 35.5. The summed E-state index contributed by atoms with van der Waals surface area (Å²) in [6, 6.07) is 0. The van der Waals surface area contributed by atoms with E-state index in [2.05, 4.69) is 5.10 Å². The Morgan fingerprint density at radius 2 is 2.30 bits per heavy atom. The number of nitrogens with two attached hydrogens (primary N) is 1. The smallest absolute Gasteiger partial charge is 0.0537 e. The summed E-state index contributed by atoms with van der Waals surface area (Å²) in [5, 5.41) is 4.02. The van der Waals surface area contributed by atoms with Crippen LogP contribution in [0.2, 0.25) is 0 Å². The number of aromatic nitrogens is 2. The Kier molecular flexibility index (Phi) is 3.39. The van der Waals surface area contributed by atoms with Gasteiger partial charge in [-0.15, -0.1) is 12.4 Å². The summed E-state index contributed by atoms with van der Waals surface area (Å²) < 4.78 is 1.82. The normalized spacial score (nSPS) is 9.10. The zero-order valence-electron chi connectivity index (χ0n) is 6.16. The van der Waals surface area contributed by atoms with E-state index >= 15 is 0 Å². The first-order valence-electron chi connectivity index (χ1n) is 2.93. The van der Waals surface area contributed by atoms with E-state index in [1.165, 1.54) is 0 Å². The predicted octanol–water partition coefficient (Wildman–Crippen LogP) is 0.609. The molecule has 0 bridgehead atoms. The molecule has 1 aromatic heterocycles. The van der Waals surface area contributed by atoms with Crippen molar-refractivity contribution in [3.05, 3.63) is 17.5 Å². The van der Waals surface area contributed by atoms with Gasteiger partial charge in [0.2, 0.25) is 0 Å². The second kappa shape index (κ2) is 3.58. The van der Waals surface area contributed by atoms with Gasteiger partial charge in [0.05, 0.1) is 6.20 Å². The molecule has 0 radical (unpaired) electrons. The van der Waals surface area contributed by atoms with E-state index in [4.69, 9.17) is 5.73 Å². The third-order valence-electron chi connectivity index (χ3n) is 1.56. The molecule has 0 spiro atoms. The number of nitrogens with zero attached hydrogens (tertiary/aromatic N) is 2. The van der Waals surface area contributed by atoms with E-state index in [1.54, 1.807) is 6.20 Å². The third kappa shape index (κ3) is 1.49. The fourth-order valence-corrected chi connectivity index (χ4v) is 0.745. The molecule has 0 atom stereocenters. The van der Waals surface area contributed by atoms with Crippen molar-refractivity contribution in [1.29, 1.82) is 0 Å². The molecule has 0 aliphatic carbocycles. The first kappa shape index (κ1) is 9.46.